The highest BCUT2D eigenvalue weighted by Gasteiger charge is 2.34. The van der Waals surface area contributed by atoms with Crippen molar-refractivity contribution in [3.05, 3.63) is 65.2 Å². The Labute approximate surface area is 126 Å². The molecule has 0 aromatic heterocycles. The largest absolute Gasteiger partial charge is 0.493 e. The lowest BCUT2D eigenvalue weighted by Crippen LogP contribution is -2.43. The Kier molecular flexibility index (Phi) is 3.98. The molecule has 2 aromatic carbocycles. The van der Waals surface area contributed by atoms with Crippen LogP contribution < -0.4 is 10.5 Å². The van der Waals surface area contributed by atoms with E-state index in [-0.39, 0.29) is 5.41 Å². The zero-order chi connectivity index (χ0) is 14.7. The fourth-order valence-corrected chi connectivity index (χ4v) is 3.12. The zero-order valence-corrected chi connectivity index (χ0v) is 12.6. The van der Waals surface area contributed by atoms with Gasteiger partial charge in [0.1, 0.15) is 5.75 Å². The monoisotopic (exact) mass is 281 g/mol. The van der Waals surface area contributed by atoms with E-state index >= 15 is 0 Å². The van der Waals surface area contributed by atoms with Crippen molar-refractivity contribution in [2.45, 2.75) is 26.2 Å². The second kappa shape index (κ2) is 5.90. The van der Waals surface area contributed by atoms with E-state index in [0.29, 0.717) is 13.2 Å². The van der Waals surface area contributed by atoms with Crippen LogP contribution in [0.5, 0.6) is 5.75 Å². The second-order valence-electron chi connectivity index (χ2n) is 6.12. The van der Waals surface area contributed by atoms with Gasteiger partial charge in [-0.15, -0.1) is 0 Å². The molecular formula is C19H23NO. The second-order valence-corrected chi connectivity index (χ2v) is 6.12. The highest BCUT2D eigenvalue weighted by atomic mass is 16.5. The lowest BCUT2D eigenvalue weighted by molar-refractivity contribution is 0.126. The van der Waals surface area contributed by atoms with Crippen LogP contribution in [0.2, 0.25) is 0 Å². The predicted molar refractivity (Wildman–Crippen MR) is 86.7 cm³/mol. The molecule has 1 aliphatic rings. The number of aryl methyl sites for hydroxylation is 1. The molecule has 2 N–H and O–H groups in total. The maximum Gasteiger partial charge on any atom is 0.122 e. The summed E-state index contributed by atoms with van der Waals surface area (Å²) in [6.45, 7) is 3.54. The summed E-state index contributed by atoms with van der Waals surface area (Å²) in [5, 5.41) is 0. The standard InChI is InChI=1S/C19H23NO/c1-2-15-7-9-16(10-8-15)11-19(13-20)12-17-5-3-4-6-18(17)21-14-19/h3-10H,2,11-14,20H2,1H3. The number of rotatable bonds is 4. The fourth-order valence-electron chi connectivity index (χ4n) is 3.12. The van der Waals surface area contributed by atoms with Gasteiger partial charge in [0.25, 0.3) is 0 Å². The Balaban J connectivity index is 1.81. The van der Waals surface area contributed by atoms with Gasteiger partial charge in [0.15, 0.2) is 0 Å². The van der Waals surface area contributed by atoms with E-state index in [1.807, 2.05) is 12.1 Å². The molecule has 2 nitrogen and oxygen atoms in total. The maximum absolute atomic E-state index is 6.12. The molecule has 0 spiro atoms. The zero-order valence-electron chi connectivity index (χ0n) is 12.6. The molecule has 2 heteroatoms. The quantitative estimate of drug-likeness (QED) is 0.932. The van der Waals surface area contributed by atoms with Crippen LogP contribution in [0.15, 0.2) is 48.5 Å². The van der Waals surface area contributed by atoms with Crippen molar-refractivity contribution >= 4 is 0 Å². The third-order valence-electron chi connectivity index (χ3n) is 4.52. The van der Waals surface area contributed by atoms with E-state index < -0.39 is 0 Å². The number of para-hydroxylation sites is 1. The number of nitrogens with two attached hydrogens (primary N) is 1. The number of hydrogen-bond acceptors (Lipinski definition) is 2. The van der Waals surface area contributed by atoms with Crippen LogP contribution >= 0.6 is 0 Å². The van der Waals surface area contributed by atoms with E-state index in [0.717, 1.165) is 25.0 Å². The van der Waals surface area contributed by atoms with Crippen LogP contribution in [0.25, 0.3) is 0 Å². The van der Waals surface area contributed by atoms with Gasteiger partial charge >= 0.3 is 0 Å². The molecule has 1 heterocycles. The molecule has 0 radical (unpaired) electrons. The lowest BCUT2D eigenvalue weighted by Gasteiger charge is -2.37. The van der Waals surface area contributed by atoms with Gasteiger partial charge in [-0.05, 0) is 42.0 Å². The number of fused-ring (bicyclic) bond motifs is 1. The first-order valence-electron chi connectivity index (χ1n) is 7.73. The summed E-state index contributed by atoms with van der Waals surface area (Å²) in [5.74, 6) is 1.02. The Morgan fingerprint density at radius 1 is 1.05 bits per heavy atom. The van der Waals surface area contributed by atoms with E-state index in [2.05, 4.69) is 43.3 Å². The van der Waals surface area contributed by atoms with E-state index in [4.69, 9.17) is 10.5 Å². The van der Waals surface area contributed by atoms with Gasteiger partial charge < -0.3 is 10.5 Å². The van der Waals surface area contributed by atoms with Crippen molar-refractivity contribution in [2.75, 3.05) is 13.2 Å². The van der Waals surface area contributed by atoms with Crippen molar-refractivity contribution < 1.29 is 4.74 Å². The maximum atomic E-state index is 6.12. The number of benzene rings is 2. The third kappa shape index (κ3) is 2.96. The average molecular weight is 281 g/mol. The molecule has 0 saturated heterocycles. The van der Waals surface area contributed by atoms with Crippen LogP contribution in [-0.2, 0) is 19.3 Å². The minimum absolute atomic E-state index is 0.0160. The van der Waals surface area contributed by atoms with Crippen LogP contribution in [0, 0.1) is 5.41 Å². The molecule has 110 valence electrons. The van der Waals surface area contributed by atoms with Crippen molar-refractivity contribution in [3.8, 4) is 5.75 Å². The van der Waals surface area contributed by atoms with Gasteiger partial charge in [-0.25, -0.2) is 0 Å². The van der Waals surface area contributed by atoms with Crippen molar-refractivity contribution in [2.24, 2.45) is 11.1 Å². The molecule has 1 unspecified atom stereocenters. The average Bonchev–Trinajstić information content (AvgIpc) is 2.55. The molecule has 21 heavy (non-hydrogen) atoms. The van der Waals surface area contributed by atoms with Crippen molar-refractivity contribution in [1.82, 2.24) is 0 Å². The molecular weight excluding hydrogens is 258 g/mol. The van der Waals surface area contributed by atoms with Crippen LogP contribution in [0.4, 0.5) is 0 Å². The topological polar surface area (TPSA) is 35.2 Å². The fraction of sp³-hybridized carbons (Fsp3) is 0.368. The third-order valence-corrected chi connectivity index (χ3v) is 4.52. The summed E-state index contributed by atoms with van der Waals surface area (Å²) < 4.78 is 5.97. The van der Waals surface area contributed by atoms with Gasteiger partial charge in [0.2, 0.25) is 0 Å². The molecule has 2 aromatic rings. The Morgan fingerprint density at radius 3 is 2.48 bits per heavy atom. The summed E-state index contributed by atoms with van der Waals surface area (Å²) in [6.07, 6.45) is 3.05. The highest BCUT2D eigenvalue weighted by molar-refractivity contribution is 5.37. The Morgan fingerprint density at radius 2 is 1.76 bits per heavy atom. The Hall–Kier alpha value is -1.80. The lowest BCUT2D eigenvalue weighted by atomic mass is 9.75. The molecule has 0 bridgehead atoms. The summed E-state index contributed by atoms with van der Waals surface area (Å²) in [7, 11) is 0. The van der Waals surface area contributed by atoms with Crippen LogP contribution in [0.1, 0.15) is 23.6 Å². The summed E-state index contributed by atoms with van der Waals surface area (Å²) in [5.41, 5.74) is 10.1. The predicted octanol–water partition coefficient (Wildman–Crippen LogP) is 3.37. The molecule has 1 aliphatic heterocycles. The molecule has 3 rings (SSSR count). The van der Waals surface area contributed by atoms with E-state index in [1.165, 1.54) is 16.7 Å². The highest BCUT2D eigenvalue weighted by Crippen LogP contribution is 2.36. The minimum atomic E-state index is 0.0160. The van der Waals surface area contributed by atoms with Crippen LogP contribution in [0.3, 0.4) is 0 Å². The SMILES string of the molecule is CCc1ccc(CC2(CN)COc3ccccc3C2)cc1. The van der Waals surface area contributed by atoms with Gasteiger partial charge in [-0.1, -0.05) is 49.4 Å². The number of ether oxygens (including phenoxy) is 1. The number of hydrogen-bond donors (Lipinski definition) is 1. The summed E-state index contributed by atoms with van der Waals surface area (Å²) in [4.78, 5) is 0. The molecule has 0 amide bonds. The first-order valence-corrected chi connectivity index (χ1v) is 7.73. The van der Waals surface area contributed by atoms with Crippen molar-refractivity contribution in [1.29, 1.82) is 0 Å². The van der Waals surface area contributed by atoms with Gasteiger partial charge in [-0.2, -0.15) is 0 Å². The van der Waals surface area contributed by atoms with E-state index in [9.17, 15) is 0 Å². The molecule has 1 atom stereocenters. The molecule has 0 fully saturated rings. The van der Waals surface area contributed by atoms with Gasteiger partial charge in [0, 0.05) is 12.0 Å². The van der Waals surface area contributed by atoms with Crippen LogP contribution in [-0.4, -0.2) is 13.2 Å². The Bertz CT molecular complexity index is 605. The van der Waals surface area contributed by atoms with Gasteiger partial charge in [0.05, 0.1) is 6.61 Å². The molecule has 0 saturated carbocycles. The van der Waals surface area contributed by atoms with Crippen molar-refractivity contribution in [3.63, 3.8) is 0 Å². The van der Waals surface area contributed by atoms with E-state index in [1.54, 1.807) is 0 Å². The van der Waals surface area contributed by atoms with Gasteiger partial charge in [-0.3, -0.25) is 0 Å². The normalized spacial score (nSPS) is 20.7. The minimum Gasteiger partial charge on any atom is -0.493 e. The first-order chi connectivity index (χ1) is 10.2. The summed E-state index contributed by atoms with van der Waals surface area (Å²) >= 11 is 0. The first kappa shape index (κ1) is 14.2. The smallest absolute Gasteiger partial charge is 0.122 e. The molecule has 0 aliphatic carbocycles. The summed E-state index contributed by atoms with van der Waals surface area (Å²) in [6, 6.07) is 17.2.